The molecule has 1 aromatic carbocycles. The summed E-state index contributed by atoms with van der Waals surface area (Å²) < 4.78 is 6.52. The predicted octanol–water partition coefficient (Wildman–Crippen LogP) is 3.08. The maximum Gasteiger partial charge on any atom is 0.227 e. The van der Waals surface area contributed by atoms with Crippen LogP contribution in [0.15, 0.2) is 22.7 Å². The summed E-state index contributed by atoms with van der Waals surface area (Å²) in [4.78, 5) is 14.1. The number of hydrogen-bond donors (Lipinski definition) is 0. The van der Waals surface area contributed by atoms with Crippen LogP contribution in [0.3, 0.4) is 0 Å². The second-order valence-corrected chi connectivity index (χ2v) is 6.20. The second-order valence-electron chi connectivity index (χ2n) is 5.28. The molecule has 0 radical (unpaired) electrons. The first-order valence-corrected chi connectivity index (χ1v) is 8.57. The van der Waals surface area contributed by atoms with Crippen LogP contribution in [0.5, 0.6) is 0 Å². The van der Waals surface area contributed by atoms with E-state index in [1.807, 2.05) is 6.07 Å². The molecule has 1 fully saturated rings. The van der Waals surface area contributed by atoms with E-state index < -0.39 is 0 Å². The molecule has 5 nitrogen and oxygen atoms in total. The summed E-state index contributed by atoms with van der Waals surface area (Å²) in [6.45, 7) is 9.31. The average molecular weight is 365 g/mol. The molecule has 0 aliphatic carbocycles. The van der Waals surface area contributed by atoms with Crippen molar-refractivity contribution in [3.8, 4) is 0 Å². The number of nitrogens with zero attached hydrogens (tertiary/aromatic N) is 4. The molecule has 0 amide bonds. The Kier molecular flexibility index (Phi) is 4.78. The standard InChI is InChI=1S/C16H21BrN4O/c1-3-20(4-2)16-18-14-6-5-12(17)11-13(14)15(19-16)21-7-9-22-10-8-21/h5-6,11H,3-4,7-10H2,1-2H3. The molecule has 0 atom stereocenters. The van der Waals surface area contributed by atoms with Gasteiger partial charge in [-0.05, 0) is 32.0 Å². The lowest BCUT2D eigenvalue weighted by molar-refractivity contribution is 0.122. The quantitative estimate of drug-likeness (QED) is 0.833. The van der Waals surface area contributed by atoms with E-state index >= 15 is 0 Å². The Balaban J connectivity index is 2.14. The number of morpholine rings is 1. The molecule has 0 saturated carbocycles. The van der Waals surface area contributed by atoms with E-state index in [2.05, 4.69) is 51.7 Å². The molecule has 2 aromatic rings. The van der Waals surface area contributed by atoms with Gasteiger partial charge in [0, 0.05) is 36.0 Å². The van der Waals surface area contributed by atoms with Crippen molar-refractivity contribution >= 4 is 38.6 Å². The van der Waals surface area contributed by atoms with E-state index in [1.54, 1.807) is 0 Å². The van der Waals surface area contributed by atoms with Crippen LogP contribution in [0, 0.1) is 0 Å². The number of halogens is 1. The third-order valence-corrected chi connectivity index (χ3v) is 4.48. The lowest BCUT2D eigenvalue weighted by Crippen LogP contribution is -2.37. The normalized spacial score (nSPS) is 15.3. The average Bonchev–Trinajstić information content (AvgIpc) is 2.56. The van der Waals surface area contributed by atoms with Gasteiger partial charge in [-0.3, -0.25) is 0 Å². The molecule has 1 aliphatic rings. The third kappa shape index (κ3) is 3.03. The number of benzene rings is 1. The summed E-state index contributed by atoms with van der Waals surface area (Å²) >= 11 is 3.56. The van der Waals surface area contributed by atoms with Gasteiger partial charge in [-0.1, -0.05) is 15.9 Å². The molecular weight excluding hydrogens is 344 g/mol. The minimum Gasteiger partial charge on any atom is -0.378 e. The summed E-state index contributed by atoms with van der Waals surface area (Å²) in [5.74, 6) is 1.82. The second kappa shape index (κ2) is 6.79. The van der Waals surface area contributed by atoms with Crippen LogP contribution in [0.25, 0.3) is 10.9 Å². The zero-order valence-corrected chi connectivity index (χ0v) is 14.6. The van der Waals surface area contributed by atoms with Gasteiger partial charge >= 0.3 is 0 Å². The molecule has 0 bridgehead atoms. The molecule has 1 saturated heterocycles. The van der Waals surface area contributed by atoms with Crippen molar-refractivity contribution in [1.29, 1.82) is 0 Å². The minimum atomic E-state index is 0.750. The van der Waals surface area contributed by atoms with Crippen molar-refractivity contribution in [2.75, 3.05) is 49.2 Å². The fourth-order valence-corrected chi connectivity index (χ4v) is 3.10. The number of hydrogen-bond acceptors (Lipinski definition) is 5. The molecule has 3 rings (SSSR count). The summed E-state index contributed by atoms with van der Waals surface area (Å²) in [5.41, 5.74) is 0.988. The van der Waals surface area contributed by atoms with E-state index in [0.29, 0.717) is 0 Å². The van der Waals surface area contributed by atoms with Crippen LogP contribution in [0.1, 0.15) is 13.8 Å². The minimum absolute atomic E-state index is 0.750. The summed E-state index contributed by atoms with van der Waals surface area (Å²) in [6, 6.07) is 6.19. The van der Waals surface area contributed by atoms with Crippen LogP contribution in [0.4, 0.5) is 11.8 Å². The highest BCUT2D eigenvalue weighted by Crippen LogP contribution is 2.29. The van der Waals surface area contributed by atoms with E-state index in [0.717, 1.165) is 66.5 Å². The molecule has 0 N–H and O–H groups in total. The molecule has 2 heterocycles. The lowest BCUT2D eigenvalue weighted by atomic mass is 10.2. The summed E-state index contributed by atoms with van der Waals surface area (Å²) in [6.07, 6.45) is 0. The topological polar surface area (TPSA) is 41.5 Å². The van der Waals surface area contributed by atoms with Crippen LogP contribution in [0.2, 0.25) is 0 Å². The molecule has 0 unspecified atom stereocenters. The van der Waals surface area contributed by atoms with Crippen LogP contribution in [-0.2, 0) is 4.74 Å². The predicted molar refractivity (Wildman–Crippen MR) is 93.8 cm³/mol. The van der Waals surface area contributed by atoms with Gasteiger partial charge in [-0.2, -0.15) is 4.98 Å². The first kappa shape index (κ1) is 15.5. The molecule has 6 heteroatoms. The number of rotatable bonds is 4. The SMILES string of the molecule is CCN(CC)c1nc(N2CCOCC2)c2cc(Br)ccc2n1. The Morgan fingerprint density at radius 3 is 2.59 bits per heavy atom. The van der Waals surface area contributed by atoms with Gasteiger partial charge in [0.2, 0.25) is 5.95 Å². The summed E-state index contributed by atoms with van der Waals surface area (Å²) in [7, 11) is 0. The molecule has 22 heavy (non-hydrogen) atoms. The largest absolute Gasteiger partial charge is 0.378 e. The van der Waals surface area contributed by atoms with E-state index in [1.165, 1.54) is 0 Å². The Morgan fingerprint density at radius 2 is 1.91 bits per heavy atom. The molecule has 118 valence electrons. The first-order valence-electron chi connectivity index (χ1n) is 7.78. The van der Waals surface area contributed by atoms with Crippen LogP contribution in [-0.4, -0.2) is 49.4 Å². The third-order valence-electron chi connectivity index (χ3n) is 3.98. The van der Waals surface area contributed by atoms with E-state index in [4.69, 9.17) is 14.7 Å². The fourth-order valence-electron chi connectivity index (χ4n) is 2.74. The monoisotopic (exact) mass is 364 g/mol. The van der Waals surface area contributed by atoms with E-state index in [-0.39, 0.29) is 0 Å². The zero-order valence-electron chi connectivity index (χ0n) is 13.0. The van der Waals surface area contributed by atoms with Gasteiger partial charge in [-0.25, -0.2) is 4.98 Å². The Bertz CT molecular complexity index is 654. The number of aromatic nitrogens is 2. The van der Waals surface area contributed by atoms with E-state index in [9.17, 15) is 0 Å². The Labute approximate surface area is 139 Å². The van der Waals surface area contributed by atoms with Crippen LogP contribution >= 0.6 is 15.9 Å². The van der Waals surface area contributed by atoms with Gasteiger partial charge in [0.1, 0.15) is 5.82 Å². The maximum absolute atomic E-state index is 5.47. The zero-order chi connectivity index (χ0) is 15.5. The molecule has 0 spiro atoms. The maximum atomic E-state index is 5.47. The number of fused-ring (bicyclic) bond motifs is 1. The number of anilines is 2. The van der Waals surface area contributed by atoms with Gasteiger partial charge in [-0.15, -0.1) is 0 Å². The van der Waals surface area contributed by atoms with Crippen molar-refractivity contribution in [2.45, 2.75) is 13.8 Å². The van der Waals surface area contributed by atoms with Crippen molar-refractivity contribution in [1.82, 2.24) is 9.97 Å². The molecule has 1 aromatic heterocycles. The van der Waals surface area contributed by atoms with Gasteiger partial charge in [0.05, 0.1) is 18.7 Å². The van der Waals surface area contributed by atoms with Crippen molar-refractivity contribution < 1.29 is 4.74 Å². The summed E-state index contributed by atoms with van der Waals surface area (Å²) in [5, 5.41) is 1.09. The van der Waals surface area contributed by atoms with Crippen molar-refractivity contribution in [3.05, 3.63) is 22.7 Å². The van der Waals surface area contributed by atoms with Gasteiger partial charge in [0.15, 0.2) is 0 Å². The highest BCUT2D eigenvalue weighted by Gasteiger charge is 2.19. The smallest absolute Gasteiger partial charge is 0.227 e. The Morgan fingerprint density at radius 1 is 1.18 bits per heavy atom. The molecule has 1 aliphatic heterocycles. The van der Waals surface area contributed by atoms with Crippen LogP contribution < -0.4 is 9.80 Å². The number of ether oxygens (including phenoxy) is 1. The highest BCUT2D eigenvalue weighted by atomic mass is 79.9. The fraction of sp³-hybridized carbons (Fsp3) is 0.500. The first-order chi connectivity index (χ1) is 10.7. The Hall–Kier alpha value is -1.40. The lowest BCUT2D eigenvalue weighted by Gasteiger charge is -2.30. The van der Waals surface area contributed by atoms with Crippen molar-refractivity contribution in [3.63, 3.8) is 0 Å². The van der Waals surface area contributed by atoms with Crippen molar-refractivity contribution in [2.24, 2.45) is 0 Å². The molecular formula is C16H21BrN4O. The van der Waals surface area contributed by atoms with Gasteiger partial charge < -0.3 is 14.5 Å². The van der Waals surface area contributed by atoms with Gasteiger partial charge in [0.25, 0.3) is 0 Å². The highest BCUT2D eigenvalue weighted by molar-refractivity contribution is 9.10.